The van der Waals surface area contributed by atoms with E-state index in [1.54, 1.807) is 13.1 Å². The van der Waals surface area contributed by atoms with Crippen LogP contribution in [0.2, 0.25) is 0 Å². The van der Waals surface area contributed by atoms with Gasteiger partial charge in [-0.05, 0) is 37.9 Å². The number of aliphatic hydroxyl groups is 1. The van der Waals surface area contributed by atoms with E-state index >= 15 is 0 Å². The Balaban J connectivity index is 1.95. The van der Waals surface area contributed by atoms with Gasteiger partial charge in [0.05, 0.1) is 12.6 Å². The summed E-state index contributed by atoms with van der Waals surface area (Å²) in [5, 5.41) is 12.7. The highest BCUT2D eigenvalue weighted by atomic mass is 32.2. The van der Waals surface area contributed by atoms with E-state index in [4.69, 9.17) is 4.42 Å². The van der Waals surface area contributed by atoms with E-state index in [0.29, 0.717) is 12.3 Å². The van der Waals surface area contributed by atoms with Crippen molar-refractivity contribution in [1.29, 1.82) is 0 Å². The second kappa shape index (κ2) is 6.71. The third-order valence-electron chi connectivity index (χ3n) is 3.66. The number of rotatable bonds is 6. The molecule has 0 aromatic carbocycles. The van der Waals surface area contributed by atoms with Crippen LogP contribution in [0.25, 0.3) is 0 Å². The van der Waals surface area contributed by atoms with Gasteiger partial charge in [-0.25, -0.2) is 13.1 Å². The molecule has 3 N–H and O–H groups in total. The minimum Gasteiger partial charge on any atom is -0.447 e. The average Bonchev–Trinajstić information content (AvgIpc) is 2.88. The van der Waals surface area contributed by atoms with Gasteiger partial charge in [0, 0.05) is 6.54 Å². The van der Waals surface area contributed by atoms with Gasteiger partial charge >= 0.3 is 0 Å². The molecule has 6 nitrogen and oxygen atoms in total. The van der Waals surface area contributed by atoms with E-state index in [1.165, 1.54) is 6.07 Å². The SMILES string of the molecule is CNCc1ccc(S(=O)(=O)NCC2CCCCC2O)o1. The van der Waals surface area contributed by atoms with Crippen molar-refractivity contribution in [2.75, 3.05) is 13.6 Å². The number of sulfonamides is 1. The molecule has 1 fully saturated rings. The Morgan fingerprint density at radius 1 is 1.35 bits per heavy atom. The minimum absolute atomic E-state index is 0.00901. The summed E-state index contributed by atoms with van der Waals surface area (Å²) in [4.78, 5) is 0. The number of aliphatic hydroxyl groups excluding tert-OH is 1. The normalized spacial score (nSPS) is 23.9. The second-order valence-corrected chi connectivity index (χ2v) is 6.91. The third kappa shape index (κ3) is 3.82. The standard InChI is InChI=1S/C13H22N2O4S/c1-14-9-11-6-7-13(19-11)20(17,18)15-8-10-4-2-3-5-12(10)16/h6-7,10,12,14-16H,2-5,8-9H2,1H3. The smallest absolute Gasteiger partial charge is 0.273 e. The fourth-order valence-corrected chi connectivity index (χ4v) is 3.53. The monoisotopic (exact) mass is 302 g/mol. The van der Waals surface area contributed by atoms with Gasteiger partial charge in [-0.1, -0.05) is 12.8 Å². The van der Waals surface area contributed by atoms with Gasteiger partial charge in [-0.15, -0.1) is 0 Å². The first kappa shape index (κ1) is 15.5. The summed E-state index contributed by atoms with van der Waals surface area (Å²) in [6.45, 7) is 0.739. The molecule has 2 atom stereocenters. The third-order valence-corrected chi connectivity index (χ3v) is 4.95. The Labute approximate surface area is 119 Å². The lowest BCUT2D eigenvalue weighted by Crippen LogP contribution is -2.36. The first-order chi connectivity index (χ1) is 9.53. The summed E-state index contributed by atoms with van der Waals surface area (Å²) < 4.78 is 32.0. The van der Waals surface area contributed by atoms with Crippen LogP contribution in [0.15, 0.2) is 21.6 Å². The molecule has 1 heterocycles. The van der Waals surface area contributed by atoms with E-state index < -0.39 is 16.1 Å². The Kier molecular flexibility index (Phi) is 5.20. The number of hydrogen-bond donors (Lipinski definition) is 3. The first-order valence-corrected chi connectivity index (χ1v) is 8.42. The van der Waals surface area contributed by atoms with Crippen LogP contribution in [0.3, 0.4) is 0 Å². The minimum atomic E-state index is -3.64. The zero-order chi connectivity index (χ0) is 14.6. The maximum absolute atomic E-state index is 12.1. The fraction of sp³-hybridized carbons (Fsp3) is 0.692. The highest BCUT2D eigenvalue weighted by Crippen LogP contribution is 2.24. The molecule has 1 aromatic rings. The van der Waals surface area contributed by atoms with Gasteiger partial charge in [0.15, 0.2) is 0 Å². The molecule has 7 heteroatoms. The fourth-order valence-electron chi connectivity index (χ4n) is 2.49. The van der Waals surface area contributed by atoms with Crippen LogP contribution in [-0.2, 0) is 16.6 Å². The molecule has 0 radical (unpaired) electrons. The molecule has 0 saturated heterocycles. The first-order valence-electron chi connectivity index (χ1n) is 6.94. The molecule has 114 valence electrons. The quantitative estimate of drug-likeness (QED) is 0.724. The molecule has 2 rings (SSSR count). The van der Waals surface area contributed by atoms with Crippen LogP contribution in [0.5, 0.6) is 0 Å². The van der Waals surface area contributed by atoms with Crippen LogP contribution >= 0.6 is 0 Å². The lowest BCUT2D eigenvalue weighted by atomic mass is 9.87. The summed E-state index contributed by atoms with van der Waals surface area (Å²) in [5.41, 5.74) is 0. The van der Waals surface area contributed by atoms with Gasteiger partial charge in [-0.3, -0.25) is 0 Å². The maximum Gasteiger partial charge on any atom is 0.273 e. The maximum atomic E-state index is 12.1. The summed E-state index contributed by atoms with van der Waals surface area (Å²) in [6, 6.07) is 3.09. The molecular weight excluding hydrogens is 280 g/mol. The summed E-state index contributed by atoms with van der Waals surface area (Å²) >= 11 is 0. The van der Waals surface area contributed by atoms with Crippen molar-refractivity contribution in [3.05, 3.63) is 17.9 Å². The molecule has 20 heavy (non-hydrogen) atoms. The lowest BCUT2D eigenvalue weighted by Gasteiger charge is -2.27. The highest BCUT2D eigenvalue weighted by molar-refractivity contribution is 7.89. The zero-order valence-corrected chi connectivity index (χ0v) is 12.4. The van der Waals surface area contributed by atoms with Crippen molar-refractivity contribution in [3.63, 3.8) is 0 Å². The predicted octanol–water partition coefficient (Wildman–Crippen LogP) is 0.828. The van der Waals surface area contributed by atoms with Crippen molar-refractivity contribution >= 4 is 10.0 Å². The van der Waals surface area contributed by atoms with Gasteiger partial charge in [-0.2, -0.15) is 0 Å². The molecule has 0 spiro atoms. The van der Waals surface area contributed by atoms with Crippen molar-refractivity contribution in [3.8, 4) is 0 Å². The Morgan fingerprint density at radius 2 is 2.10 bits per heavy atom. The molecule has 1 aliphatic carbocycles. The number of nitrogens with one attached hydrogen (secondary N) is 2. The number of furan rings is 1. The summed E-state index contributed by atoms with van der Waals surface area (Å²) in [7, 11) is -1.87. The second-order valence-electron chi connectivity index (χ2n) is 5.21. The topological polar surface area (TPSA) is 91.6 Å². The average molecular weight is 302 g/mol. The lowest BCUT2D eigenvalue weighted by molar-refractivity contribution is 0.0724. The Hall–Kier alpha value is -0.890. The largest absolute Gasteiger partial charge is 0.447 e. The Bertz CT molecular complexity index is 526. The van der Waals surface area contributed by atoms with E-state index in [1.807, 2.05) is 0 Å². The van der Waals surface area contributed by atoms with Gasteiger partial charge in [0.1, 0.15) is 5.76 Å². The van der Waals surface area contributed by atoms with E-state index in [-0.39, 0.29) is 17.6 Å². The molecule has 0 amide bonds. The summed E-state index contributed by atoms with van der Waals surface area (Å²) in [5.74, 6) is 0.566. The van der Waals surface area contributed by atoms with E-state index in [0.717, 1.165) is 25.7 Å². The highest BCUT2D eigenvalue weighted by Gasteiger charge is 2.26. The molecule has 2 unspecified atom stereocenters. The van der Waals surface area contributed by atoms with Crippen LogP contribution in [-0.4, -0.2) is 33.2 Å². The van der Waals surface area contributed by atoms with E-state index in [2.05, 4.69) is 10.0 Å². The summed E-state index contributed by atoms with van der Waals surface area (Å²) in [6.07, 6.45) is 3.24. The van der Waals surface area contributed by atoms with Crippen molar-refractivity contribution in [2.45, 2.75) is 43.4 Å². The van der Waals surface area contributed by atoms with Crippen molar-refractivity contribution in [2.24, 2.45) is 5.92 Å². The molecule has 0 bridgehead atoms. The van der Waals surface area contributed by atoms with Crippen LogP contribution in [0.4, 0.5) is 0 Å². The van der Waals surface area contributed by atoms with Gasteiger partial charge in [0.25, 0.3) is 10.0 Å². The predicted molar refractivity (Wildman–Crippen MR) is 74.6 cm³/mol. The van der Waals surface area contributed by atoms with Crippen molar-refractivity contribution < 1.29 is 17.9 Å². The van der Waals surface area contributed by atoms with E-state index in [9.17, 15) is 13.5 Å². The molecule has 1 aliphatic rings. The molecule has 1 saturated carbocycles. The Morgan fingerprint density at radius 3 is 2.80 bits per heavy atom. The molecule has 1 aromatic heterocycles. The van der Waals surface area contributed by atoms with Crippen LogP contribution in [0.1, 0.15) is 31.4 Å². The molecular formula is C13H22N2O4S. The van der Waals surface area contributed by atoms with Gasteiger partial charge in [0.2, 0.25) is 5.09 Å². The van der Waals surface area contributed by atoms with Crippen molar-refractivity contribution in [1.82, 2.24) is 10.0 Å². The number of hydrogen-bond acceptors (Lipinski definition) is 5. The molecule has 0 aliphatic heterocycles. The zero-order valence-electron chi connectivity index (χ0n) is 11.6. The van der Waals surface area contributed by atoms with Gasteiger partial charge < -0.3 is 14.8 Å². The van der Waals surface area contributed by atoms with Crippen LogP contribution < -0.4 is 10.0 Å². The van der Waals surface area contributed by atoms with Crippen LogP contribution in [0, 0.1) is 5.92 Å².